The molecule has 1 aliphatic heterocycles. The normalized spacial score (nSPS) is 18.2. The van der Waals surface area contributed by atoms with Crippen LogP contribution < -0.4 is 14.8 Å². The fourth-order valence-electron chi connectivity index (χ4n) is 2.17. The van der Waals surface area contributed by atoms with Crippen LogP contribution in [-0.4, -0.2) is 19.3 Å². The van der Waals surface area contributed by atoms with Crippen LogP contribution in [-0.2, 0) is 0 Å². The Kier molecular flexibility index (Phi) is 4.59. The third-order valence-electron chi connectivity index (χ3n) is 4.07. The average molecular weight is 277 g/mol. The van der Waals surface area contributed by atoms with Gasteiger partial charge < -0.3 is 14.8 Å². The Morgan fingerprint density at radius 2 is 1.70 bits per heavy atom. The molecule has 1 aromatic rings. The molecule has 112 valence electrons. The van der Waals surface area contributed by atoms with Crippen molar-refractivity contribution in [1.29, 1.82) is 0 Å². The average Bonchev–Trinajstić information content (AvgIpc) is 2.61. The lowest BCUT2D eigenvalue weighted by molar-refractivity contribution is 0.268. The number of fused-ring (bicyclic) bond motifs is 1. The summed E-state index contributed by atoms with van der Waals surface area (Å²) in [6.45, 7) is 12.7. The molecule has 0 saturated carbocycles. The van der Waals surface area contributed by atoms with Crippen LogP contribution in [0.2, 0.25) is 0 Å². The molecule has 0 amide bonds. The maximum atomic E-state index is 5.76. The van der Waals surface area contributed by atoms with Gasteiger partial charge in [0.05, 0.1) is 13.2 Å². The van der Waals surface area contributed by atoms with Crippen molar-refractivity contribution in [2.45, 2.75) is 53.1 Å². The van der Waals surface area contributed by atoms with Gasteiger partial charge in [0.1, 0.15) is 0 Å². The van der Waals surface area contributed by atoms with E-state index in [2.05, 4.69) is 52.1 Å². The van der Waals surface area contributed by atoms with Crippen molar-refractivity contribution in [3.8, 4) is 11.5 Å². The molecule has 1 aliphatic rings. The highest BCUT2D eigenvalue weighted by molar-refractivity contribution is 5.44. The fourth-order valence-corrected chi connectivity index (χ4v) is 2.17. The van der Waals surface area contributed by atoms with Gasteiger partial charge in [0.25, 0.3) is 0 Å². The third-order valence-corrected chi connectivity index (χ3v) is 4.07. The van der Waals surface area contributed by atoms with Crippen molar-refractivity contribution in [2.75, 3.05) is 13.2 Å². The van der Waals surface area contributed by atoms with Crippen molar-refractivity contribution in [3.05, 3.63) is 23.8 Å². The minimum atomic E-state index is 0.250. The molecule has 0 aromatic heterocycles. The maximum absolute atomic E-state index is 5.76. The Morgan fingerprint density at radius 3 is 2.35 bits per heavy atom. The molecule has 0 fully saturated rings. The lowest BCUT2D eigenvalue weighted by Gasteiger charge is -2.31. The molecule has 0 spiro atoms. The van der Waals surface area contributed by atoms with Gasteiger partial charge in [-0.15, -0.1) is 0 Å². The molecule has 20 heavy (non-hydrogen) atoms. The Hall–Kier alpha value is -1.22. The standard InChI is InChI=1S/C17H27NO2/c1-12(18-13(2)17(3,4)5)14-7-8-15-16(11-14)20-10-6-9-19-15/h7-8,11-13,18H,6,9-10H2,1-5H3. The maximum Gasteiger partial charge on any atom is 0.161 e. The van der Waals surface area contributed by atoms with Crippen LogP contribution in [0.4, 0.5) is 0 Å². The molecule has 1 N–H and O–H groups in total. The second-order valence-electron chi connectivity index (χ2n) is 6.73. The van der Waals surface area contributed by atoms with Crippen LogP contribution in [0.5, 0.6) is 11.5 Å². The second-order valence-corrected chi connectivity index (χ2v) is 6.73. The van der Waals surface area contributed by atoms with Gasteiger partial charge in [-0.1, -0.05) is 26.8 Å². The highest BCUT2D eigenvalue weighted by atomic mass is 16.5. The summed E-state index contributed by atoms with van der Waals surface area (Å²) < 4.78 is 11.4. The summed E-state index contributed by atoms with van der Waals surface area (Å²) in [5.41, 5.74) is 1.49. The molecular formula is C17H27NO2. The fraction of sp³-hybridized carbons (Fsp3) is 0.647. The third kappa shape index (κ3) is 3.66. The van der Waals surface area contributed by atoms with E-state index < -0.39 is 0 Å². The van der Waals surface area contributed by atoms with E-state index in [1.807, 2.05) is 6.07 Å². The van der Waals surface area contributed by atoms with Crippen molar-refractivity contribution < 1.29 is 9.47 Å². The van der Waals surface area contributed by atoms with Crippen LogP contribution in [0, 0.1) is 5.41 Å². The summed E-state index contributed by atoms with van der Waals surface area (Å²) >= 11 is 0. The molecular weight excluding hydrogens is 250 g/mol. The monoisotopic (exact) mass is 277 g/mol. The summed E-state index contributed by atoms with van der Waals surface area (Å²) in [5, 5.41) is 3.66. The highest BCUT2D eigenvalue weighted by Crippen LogP contribution is 2.32. The van der Waals surface area contributed by atoms with Gasteiger partial charge in [0.2, 0.25) is 0 Å². The van der Waals surface area contributed by atoms with Gasteiger partial charge in [0.15, 0.2) is 11.5 Å². The highest BCUT2D eigenvalue weighted by Gasteiger charge is 2.22. The largest absolute Gasteiger partial charge is 0.490 e. The van der Waals surface area contributed by atoms with Gasteiger partial charge in [-0.05, 0) is 37.0 Å². The molecule has 0 aliphatic carbocycles. The van der Waals surface area contributed by atoms with Crippen LogP contribution in [0.1, 0.15) is 52.6 Å². The second kappa shape index (κ2) is 6.04. The van der Waals surface area contributed by atoms with Gasteiger partial charge in [0, 0.05) is 18.5 Å². The number of ether oxygens (including phenoxy) is 2. The van der Waals surface area contributed by atoms with E-state index in [1.54, 1.807) is 0 Å². The number of benzene rings is 1. The predicted molar refractivity (Wildman–Crippen MR) is 82.5 cm³/mol. The Labute approximate surface area is 122 Å². The number of hydrogen-bond donors (Lipinski definition) is 1. The van der Waals surface area contributed by atoms with Gasteiger partial charge >= 0.3 is 0 Å². The lowest BCUT2D eigenvalue weighted by atomic mass is 9.87. The Morgan fingerprint density at radius 1 is 1.05 bits per heavy atom. The van der Waals surface area contributed by atoms with E-state index >= 15 is 0 Å². The Balaban J connectivity index is 2.11. The zero-order chi connectivity index (χ0) is 14.8. The molecule has 0 bridgehead atoms. The summed E-state index contributed by atoms with van der Waals surface area (Å²) in [6.07, 6.45) is 0.943. The van der Waals surface area contributed by atoms with Gasteiger partial charge in [-0.25, -0.2) is 0 Å². The van der Waals surface area contributed by atoms with Crippen LogP contribution >= 0.6 is 0 Å². The number of rotatable bonds is 3. The smallest absolute Gasteiger partial charge is 0.161 e. The summed E-state index contributed by atoms with van der Waals surface area (Å²) in [6, 6.07) is 6.99. The molecule has 0 saturated heterocycles. The van der Waals surface area contributed by atoms with E-state index in [4.69, 9.17) is 9.47 Å². The van der Waals surface area contributed by atoms with Gasteiger partial charge in [-0.2, -0.15) is 0 Å². The van der Waals surface area contributed by atoms with Crippen LogP contribution in [0.3, 0.4) is 0 Å². The Bertz CT molecular complexity index is 451. The van der Waals surface area contributed by atoms with E-state index in [-0.39, 0.29) is 5.41 Å². The van der Waals surface area contributed by atoms with Gasteiger partial charge in [-0.3, -0.25) is 0 Å². The summed E-state index contributed by atoms with van der Waals surface area (Å²) in [4.78, 5) is 0. The van der Waals surface area contributed by atoms with E-state index in [1.165, 1.54) is 5.56 Å². The van der Waals surface area contributed by atoms with E-state index in [9.17, 15) is 0 Å². The lowest BCUT2D eigenvalue weighted by Crippen LogP contribution is -2.39. The number of nitrogens with one attached hydrogen (secondary N) is 1. The van der Waals surface area contributed by atoms with Crippen LogP contribution in [0.25, 0.3) is 0 Å². The zero-order valence-corrected chi connectivity index (χ0v) is 13.3. The zero-order valence-electron chi connectivity index (χ0n) is 13.3. The van der Waals surface area contributed by atoms with Crippen molar-refractivity contribution in [2.24, 2.45) is 5.41 Å². The molecule has 0 radical (unpaired) electrons. The minimum absolute atomic E-state index is 0.250. The SMILES string of the molecule is CC(NC(C)C(C)(C)C)c1ccc2c(c1)OCCCO2. The molecule has 1 aromatic carbocycles. The minimum Gasteiger partial charge on any atom is -0.490 e. The first kappa shape index (κ1) is 15.2. The predicted octanol–water partition coefficient (Wildman–Crippen LogP) is 3.93. The molecule has 3 heteroatoms. The molecule has 2 rings (SSSR count). The molecule has 2 unspecified atom stereocenters. The van der Waals surface area contributed by atoms with Crippen molar-refractivity contribution in [3.63, 3.8) is 0 Å². The van der Waals surface area contributed by atoms with E-state index in [0.29, 0.717) is 12.1 Å². The molecule has 1 heterocycles. The molecule has 2 atom stereocenters. The molecule has 3 nitrogen and oxygen atoms in total. The van der Waals surface area contributed by atoms with E-state index in [0.717, 1.165) is 31.1 Å². The summed E-state index contributed by atoms with van der Waals surface area (Å²) in [7, 11) is 0. The first-order valence-electron chi connectivity index (χ1n) is 7.53. The first-order valence-corrected chi connectivity index (χ1v) is 7.53. The summed E-state index contributed by atoms with van der Waals surface area (Å²) in [5.74, 6) is 1.74. The first-order chi connectivity index (χ1) is 9.38. The number of hydrogen-bond acceptors (Lipinski definition) is 3. The quantitative estimate of drug-likeness (QED) is 0.908. The topological polar surface area (TPSA) is 30.5 Å². The van der Waals surface area contributed by atoms with Crippen LogP contribution in [0.15, 0.2) is 18.2 Å². The van der Waals surface area contributed by atoms with Crippen molar-refractivity contribution in [1.82, 2.24) is 5.32 Å². The van der Waals surface area contributed by atoms with Crippen molar-refractivity contribution >= 4 is 0 Å².